The molecule has 7 heteroatoms. The minimum atomic E-state index is -0.514. The molecule has 0 bridgehead atoms. The Hall–Kier alpha value is -2.80. The molecule has 0 amide bonds. The summed E-state index contributed by atoms with van der Waals surface area (Å²) in [5.41, 5.74) is 3.56. The van der Waals surface area contributed by atoms with Gasteiger partial charge in [-0.05, 0) is 24.3 Å². The van der Waals surface area contributed by atoms with Gasteiger partial charge in [0.2, 0.25) is 0 Å². The Labute approximate surface area is 123 Å². The fourth-order valence-corrected chi connectivity index (χ4v) is 2.54. The van der Waals surface area contributed by atoms with Crippen LogP contribution in [-0.4, -0.2) is 21.2 Å². The smallest absolute Gasteiger partial charge is 0.270 e. The highest BCUT2D eigenvalue weighted by molar-refractivity contribution is 7.16. The molecule has 6 nitrogen and oxygen atoms in total. The van der Waals surface area contributed by atoms with Crippen molar-refractivity contribution in [2.45, 2.75) is 0 Å². The second-order valence-corrected chi connectivity index (χ2v) is 5.15. The van der Waals surface area contributed by atoms with E-state index in [1.165, 1.54) is 35.8 Å². The number of hydrogen-bond acceptors (Lipinski definition) is 6. The number of thiazole rings is 1. The summed E-state index contributed by atoms with van der Waals surface area (Å²) < 4.78 is 1.01. The number of hydrogen-bond donors (Lipinski definition) is 1. The Morgan fingerprint density at radius 1 is 1.29 bits per heavy atom. The van der Waals surface area contributed by atoms with Crippen LogP contribution in [0, 0.1) is 10.1 Å². The minimum absolute atomic E-state index is 0.0526. The molecular weight excluding hydrogens is 290 g/mol. The number of phenolic OH excluding ortho intramolecular Hbond substituents is 1. The van der Waals surface area contributed by atoms with E-state index in [0.29, 0.717) is 11.3 Å². The second kappa shape index (κ2) is 5.29. The van der Waals surface area contributed by atoms with E-state index >= 15 is 0 Å². The second-order valence-electron chi connectivity index (χ2n) is 4.26. The van der Waals surface area contributed by atoms with Crippen molar-refractivity contribution in [1.29, 1.82) is 0 Å². The van der Waals surface area contributed by atoms with Crippen molar-refractivity contribution in [1.82, 2.24) is 4.98 Å². The van der Waals surface area contributed by atoms with Gasteiger partial charge >= 0.3 is 0 Å². The normalized spacial score (nSPS) is 11.2. The molecule has 0 atom stereocenters. The maximum Gasteiger partial charge on any atom is 0.270 e. The molecule has 1 heterocycles. The lowest BCUT2D eigenvalue weighted by atomic mass is 10.2. The average Bonchev–Trinajstić information content (AvgIpc) is 2.93. The lowest BCUT2D eigenvalue weighted by molar-refractivity contribution is -0.384. The maximum absolute atomic E-state index is 10.7. The van der Waals surface area contributed by atoms with E-state index in [9.17, 15) is 15.2 Å². The van der Waals surface area contributed by atoms with Gasteiger partial charge in [-0.2, -0.15) is 0 Å². The van der Waals surface area contributed by atoms with Gasteiger partial charge < -0.3 is 5.11 Å². The maximum atomic E-state index is 10.7. The van der Waals surface area contributed by atoms with Gasteiger partial charge in [-0.1, -0.05) is 0 Å². The largest absolute Gasteiger partial charge is 0.507 e. The number of rotatable bonds is 3. The third-order valence-corrected chi connectivity index (χ3v) is 3.68. The van der Waals surface area contributed by atoms with Gasteiger partial charge in [-0.3, -0.25) is 15.1 Å². The van der Waals surface area contributed by atoms with Crippen molar-refractivity contribution in [2.75, 3.05) is 0 Å². The van der Waals surface area contributed by atoms with Crippen LogP contribution in [0.3, 0.4) is 0 Å². The van der Waals surface area contributed by atoms with E-state index < -0.39 is 4.92 Å². The van der Waals surface area contributed by atoms with Crippen molar-refractivity contribution < 1.29 is 10.0 Å². The van der Waals surface area contributed by atoms with Crippen LogP contribution >= 0.6 is 11.3 Å². The molecule has 0 fully saturated rings. The zero-order chi connectivity index (χ0) is 14.8. The number of non-ortho nitro benzene ring substituents is 1. The van der Waals surface area contributed by atoms with Gasteiger partial charge in [-0.15, -0.1) is 11.3 Å². The van der Waals surface area contributed by atoms with Gasteiger partial charge in [-0.25, -0.2) is 4.98 Å². The van der Waals surface area contributed by atoms with Crippen LogP contribution in [0.2, 0.25) is 0 Å². The molecule has 104 valence electrons. The van der Waals surface area contributed by atoms with Crippen LogP contribution in [0.4, 0.5) is 11.4 Å². The molecule has 1 aromatic heterocycles. The lowest BCUT2D eigenvalue weighted by Crippen LogP contribution is -1.90. The number of nitro groups is 1. The first-order valence-electron chi connectivity index (χ1n) is 5.98. The van der Waals surface area contributed by atoms with Crippen LogP contribution in [0.5, 0.6) is 5.75 Å². The summed E-state index contributed by atoms with van der Waals surface area (Å²) in [6.07, 6.45) is 1.41. The summed E-state index contributed by atoms with van der Waals surface area (Å²) in [5, 5.41) is 20.4. The molecule has 0 radical (unpaired) electrons. The molecular formula is C14H9N3O3S. The Balaban J connectivity index is 1.94. The molecule has 0 unspecified atom stereocenters. The Morgan fingerprint density at radius 2 is 2.14 bits per heavy atom. The first kappa shape index (κ1) is 13.2. The number of aliphatic imine (C=N–C) groups is 1. The summed E-state index contributed by atoms with van der Waals surface area (Å²) in [7, 11) is 0. The van der Waals surface area contributed by atoms with Crippen molar-refractivity contribution in [3.05, 3.63) is 57.6 Å². The van der Waals surface area contributed by atoms with E-state index in [4.69, 9.17) is 0 Å². The van der Waals surface area contributed by atoms with Crippen molar-refractivity contribution in [3.8, 4) is 5.75 Å². The summed E-state index contributed by atoms with van der Waals surface area (Å²) in [6, 6.07) is 9.34. The summed E-state index contributed by atoms with van der Waals surface area (Å²) >= 11 is 1.51. The lowest BCUT2D eigenvalue weighted by Gasteiger charge is -1.99. The number of fused-ring (bicyclic) bond motifs is 1. The van der Waals surface area contributed by atoms with E-state index in [2.05, 4.69) is 9.98 Å². The van der Waals surface area contributed by atoms with Gasteiger partial charge in [0.15, 0.2) is 0 Å². The van der Waals surface area contributed by atoms with E-state index in [0.717, 1.165) is 10.2 Å². The molecule has 0 aliphatic heterocycles. The topological polar surface area (TPSA) is 88.6 Å². The predicted molar refractivity (Wildman–Crippen MR) is 81.6 cm³/mol. The first-order valence-corrected chi connectivity index (χ1v) is 6.86. The molecule has 0 saturated carbocycles. The number of aromatic hydroxyl groups is 1. The standard InChI is InChI=1S/C14H9N3O3S/c18-13-4-2-11(17(19)20)5-9(13)7-15-10-1-3-12-14(6-10)21-8-16-12/h1-8,18H. The molecule has 3 rings (SSSR count). The zero-order valence-corrected chi connectivity index (χ0v) is 11.4. The van der Waals surface area contributed by atoms with Crippen molar-refractivity contribution >= 4 is 39.1 Å². The zero-order valence-electron chi connectivity index (χ0n) is 10.6. The Morgan fingerprint density at radius 3 is 2.95 bits per heavy atom. The van der Waals surface area contributed by atoms with Gasteiger partial charge in [0.05, 0.1) is 26.3 Å². The van der Waals surface area contributed by atoms with Gasteiger partial charge in [0, 0.05) is 23.9 Å². The van der Waals surface area contributed by atoms with Gasteiger partial charge in [0.25, 0.3) is 5.69 Å². The van der Waals surface area contributed by atoms with Crippen LogP contribution in [-0.2, 0) is 0 Å². The number of phenols is 1. The van der Waals surface area contributed by atoms with Crippen molar-refractivity contribution in [2.24, 2.45) is 4.99 Å². The molecule has 2 aromatic carbocycles. The van der Waals surface area contributed by atoms with Gasteiger partial charge in [0.1, 0.15) is 5.75 Å². The number of nitrogens with zero attached hydrogens (tertiary/aromatic N) is 3. The summed E-state index contributed by atoms with van der Waals surface area (Å²) in [4.78, 5) is 18.6. The number of benzene rings is 2. The molecule has 21 heavy (non-hydrogen) atoms. The molecule has 0 saturated heterocycles. The SMILES string of the molecule is O=[N+]([O-])c1ccc(O)c(C=Nc2ccc3ncsc3c2)c1. The fraction of sp³-hybridized carbons (Fsp3) is 0. The third kappa shape index (κ3) is 2.72. The van der Waals surface area contributed by atoms with Crippen LogP contribution in [0.15, 0.2) is 46.9 Å². The van der Waals surface area contributed by atoms with Crippen LogP contribution in [0.1, 0.15) is 5.56 Å². The highest BCUT2D eigenvalue weighted by Gasteiger charge is 2.08. The Kier molecular flexibility index (Phi) is 3.33. The third-order valence-electron chi connectivity index (χ3n) is 2.89. The fourth-order valence-electron chi connectivity index (χ4n) is 1.83. The first-order chi connectivity index (χ1) is 10.1. The average molecular weight is 299 g/mol. The molecule has 1 N–H and O–H groups in total. The highest BCUT2D eigenvalue weighted by Crippen LogP contribution is 2.25. The van der Waals surface area contributed by atoms with E-state index in [1.54, 1.807) is 11.6 Å². The van der Waals surface area contributed by atoms with Crippen molar-refractivity contribution in [3.63, 3.8) is 0 Å². The quantitative estimate of drug-likeness (QED) is 0.454. The predicted octanol–water partition coefficient (Wildman–Crippen LogP) is 3.66. The van der Waals surface area contributed by atoms with E-state index in [-0.39, 0.29) is 11.4 Å². The monoisotopic (exact) mass is 299 g/mol. The summed E-state index contributed by atoms with van der Waals surface area (Å²) in [5.74, 6) is -0.0526. The molecule has 3 aromatic rings. The number of aromatic nitrogens is 1. The molecule has 0 aliphatic rings. The summed E-state index contributed by atoms with van der Waals surface area (Å²) in [6.45, 7) is 0. The molecule has 0 aliphatic carbocycles. The number of nitro benzene ring substituents is 1. The highest BCUT2D eigenvalue weighted by atomic mass is 32.1. The van der Waals surface area contributed by atoms with Crippen LogP contribution in [0.25, 0.3) is 10.2 Å². The van der Waals surface area contributed by atoms with E-state index in [1.807, 2.05) is 12.1 Å². The Bertz CT molecular complexity index is 858. The molecule has 0 spiro atoms. The van der Waals surface area contributed by atoms with Crippen LogP contribution < -0.4 is 0 Å². The minimum Gasteiger partial charge on any atom is -0.507 e.